The third-order valence-electron chi connectivity index (χ3n) is 5.00. The molecule has 1 aromatic heterocycles. The van der Waals surface area contributed by atoms with Crippen molar-refractivity contribution < 1.29 is 14.3 Å². The molecule has 1 atom stereocenters. The second kappa shape index (κ2) is 9.99. The molecule has 166 valence electrons. The van der Waals surface area contributed by atoms with Crippen molar-refractivity contribution in [2.75, 3.05) is 17.3 Å². The van der Waals surface area contributed by atoms with Gasteiger partial charge in [0, 0.05) is 12.0 Å². The van der Waals surface area contributed by atoms with Crippen LogP contribution in [0.1, 0.15) is 45.4 Å². The van der Waals surface area contributed by atoms with Crippen molar-refractivity contribution in [1.82, 2.24) is 15.2 Å². The Morgan fingerprint density at radius 1 is 1.09 bits per heavy atom. The number of nitrogens with zero attached hydrogens (tertiary/aromatic N) is 4. The van der Waals surface area contributed by atoms with E-state index in [9.17, 15) is 4.79 Å². The number of hydrogen-bond donors (Lipinski definition) is 0. The first-order valence-electron chi connectivity index (χ1n) is 10.8. The third kappa shape index (κ3) is 4.27. The first-order chi connectivity index (χ1) is 15.7. The number of aromatic nitrogens is 3. The normalized spacial score (nSPS) is 14.7. The predicted molar refractivity (Wildman–Crippen MR) is 125 cm³/mol. The lowest BCUT2D eigenvalue weighted by molar-refractivity contribution is -0.120. The van der Waals surface area contributed by atoms with Crippen molar-refractivity contribution in [3.63, 3.8) is 0 Å². The Morgan fingerprint density at radius 3 is 2.66 bits per heavy atom. The number of carbonyl (C=O) groups excluding carboxylic acids is 1. The molecule has 1 aliphatic heterocycles. The summed E-state index contributed by atoms with van der Waals surface area (Å²) in [7, 11) is 0. The van der Waals surface area contributed by atoms with E-state index in [0.29, 0.717) is 41.2 Å². The van der Waals surface area contributed by atoms with Crippen LogP contribution in [0.2, 0.25) is 0 Å². The average Bonchev–Trinajstić information content (AvgIpc) is 2.94. The van der Waals surface area contributed by atoms with Gasteiger partial charge in [-0.1, -0.05) is 55.9 Å². The van der Waals surface area contributed by atoms with Crippen LogP contribution < -0.4 is 14.4 Å². The van der Waals surface area contributed by atoms with Crippen molar-refractivity contribution in [2.45, 2.75) is 45.0 Å². The Bertz CT molecular complexity index is 1110. The van der Waals surface area contributed by atoms with E-state index >= 15 is 0 Å². The lowest BCUT2D eigenvalue weighted by atomic mass is 10.1. The van der Waals surface area contributed by atoms with Gasteiger partial charge in [0.25, 0.3) is 0 Å². The zero-order valence-electron chi connectivity index (χ0n) is 18.4. The van der Waals surface area contributed by atoms with Crippen LogP contribution in [0.5, 0.6) is 11.6 Å². The molecule has 1 amide bonds. The highest BCUT2D eigenvalue weighted by atomic mass is 32.2. The fourth-order valence-corrected chi connectivity index (χ4v) is 4.19. The highest BCUT2D eigenvalue weighted by Crippen LogP contribution is 2.45. The molecule has 0 bridgehead atoms. The van der Waals surface area contributed by atoms with Gasteiger partial charge in [-0.05, 0) is 37.3 Å². The van der Waals surface area contributed by atoms with Crippen LogP contribution >= 0.6 is 11.8 Å². The van der Waals surface area contributed by atoms with E-state index in [1.807, 2.05) is 69.3 Å². The molecular formula is C24H26N4O3S. The molecule has 3 aromatic rings. The summed E-state index contributed by atoms with van der Waals surface area (Å²) in [4.78, 5) is 19.8. The lowest BCUT2D eigenvalue weighted by Gasteiger charge is -2.31. The van der Waals surface area contributed by atoms with E-state index in [2.05, 4.69) is 15.2 Å². The Balaban J connectivity index is 1.95. The maximum atomic E-state index is 13.4. The summed E-state index contributed by atoms with van der Waals surface area (Å²) >= 11 is 1.49. The van der Waals surface area contributed by atoms with Crippen LogP contribution in [-0.4, -0.2) is 33.4 Å². The third-order valence-corrected chi connectivity index (χ3v) is 5.72. The molecule has 0 unspecified atom stereocenters. The molecule has 0 spiro atoms. The predicted octanol–water partition coefficient (Wildman–Crippen LogP) is 5.27. The number of fused-ring (bicyclic) bond motifs is 3. The maximum Gasteiger partial charge on any atom is 0.247 e. The lowest BCUT2D eigenvalue weighted by Crippen LogP contribution is -2.37. The summed E-state index contributed by atoms with van der Waals surface area (Å²) in [5.41, 5.74) is 2.75. The number of rotatable bonds is 7. The Hall–Kier alpha value is -3.13. The summed E-state index contributed by atoms with van der Waals surface area (Å²) in [5.74, 6) is 1.79. The van der Waals surface area contributed by atoms with Crippen LogP contribution in [0, 0.1) is 0 Å². The quantitative estimate of drug-likeness (QED) is 0.454. The summed E-state index contributed by atoms with van der Waals surface area (Å²) in [6.45, 7) is 6.45. The largest absolute Gasteiger partial charge is 0.493 e. The number of benzene rings is 2. The SMILES string of the molecule is CCCC(=O)N1c2ccccc2-c2nnc(SCC)nc2O[C@@H]1c1ccccc1OCC. The Labute approximate surface area is 192 Å². The van der Waals surface area contributed by atoms with Crippen molar-refractivity contribution in [1.29, 1.82) is 0 Å². The second-order valence-corrected chi connectivity index (χ2v) is 8.38. The zero-order chi connectivity index (χ0) is 22.5. The minimum atomic E-state index is -0.754. The molecule has 32 heavy (non-hydrogen) atoms. The molecule has 0 saturated carbocycles. The van der Waals surface area contributed by atoms with Crippen molar-refractivity contribution in [2.24, 2.45) is 0 Å². The number of para-hydroxylation sites is 2. The first-order valence-corrected chi connectivity index (χ1v) is 11.8. The zero-order valence-corrected chi connectivity index (χ0v) is 19.3. The standard InChI is InChI=1S/C24H26N4O3S/c1-4-11-20(29)28-18-14-9-7-12-16(18)21-22(25-24(27-26-21)32-6-3)31-23(28)17-13-8-10-15-19(17)30-5-2/h7-10,12-15,23H,4-6,11H2,1-3H3/t23-/m1/s1. The first kappa shape index (κ1) is 22.1. The van der Waals surface area contributed by atoms with Gasteiger partial charge in [-0.3, -0.25) is 9.69 Å². The summed E-state index contributed by atoms with van der Waals surface area (Å²) in [5, 5.41) is 9.24. The Kier molecular flexibility index (Phi) is 6.90. The Morgan fingerprint density at radius 2 is 1.88 bits per heavy atom. The van der Waals surface area contributed by atoms with E-state index in [4.69, 9.17) is 9.47 Å². The molecule has 2 aromatic carbocycles. The van der Waals surface area contributed by atoms with E-state index < -0.39 is 6.23 Å². The van der Waals surface area contributed by atoms with Gasteiger partial charge in [-0.25, -0.2) is 0 Å². The van der Waals surface area contributed by atoms with E-state index in [1.54, 1.807) is 4.90 Å². The molecule has 1 aliphatic rings. The van der Waals surface area contributed by atoms with Crippen LogP contribution in [0.25, 0.3) is 11.3 Å². The fraction of sp³-hybridized carbons (Fsp3) is 0.333. The van der Waals surface area contributed by atoms with Crippen LogP contribution in [0.15, 0.2) is 53.7 Å². The number of amides is 1. The van der Waals surface area contributed by atoms with Gasteiger partial charge < -0.3 is 9.47 Å². The second-order valence-electron chi connectivity index (χ2n) is 7.15. The van der Waals surface area contributed by atoms with Crippen LogP contribution in [-0.2, 0) is 4.79 Å². The summed E-state index contributed by atoms with van der Waals surface area (Å²) < 4.78 is 12.4. The van der Waals surface area contributed by atoms with Gasteiger partial charge in [-0.2, -0.15) is 4.98 Å². The average molecular weight is 451 g/mol. The molecule has 0 fully saturated rings. The molecule has 0 radical (unpaired) electrons. The monoisotopic (exact) mass is 450 g/mol. The molecule has 0 saturated heterocycles. The van der Waals surface area contributed by atoms with Gasteiger partial charge in [-0.15, -0.1) is 10.2 Å². The van der Waals surface area contributed by atoms with Gasteiger partial charge in [0.1, 0.15) is 5.75 Å². The van der Waals surface area contributed by atoms with Gasteiger partial charge in [0.2, 0.25) is 23.2 Å². The fourth-order valence-electron chi connectivity index (χ4n) is 3.68. The maximum absolute atomic E-state index is 13.4. The number of hydrogen-bond acceptors (Lipinski definition) is 7. The topological polar surface area (TPSA) is 77.4 Å². The van der Waals surface area contributed by atoms with E-state index in [1.165, 1.54) is 11.8 Å². The van der Waals surface area contributed by atoms with Crippen LogP contribution in [0.3, 0.4) is 0 Å². The van der Waals surface area contributed by atoms with E-state index in [-0.39, 0.29) is 5.91 Å². The molecule has 4 rings (SSSR count). The summed E-state index contributed by atoms with van der Waals surface area (Å²) in [6.07, 6.45) is 0.354. The molecule has 8 heteroatoms. The summed E-state index contributed by atoms with van der Waals surface area (Å²) in [6, 6.07) is 15.3. The molecule has 7 nitrogen and oxygen atoms in total. The smallest absolute Gasteiger partial charge is 0.247 e. The van der Waals surface area contributed by atoms with Gasteiger partial charge in [0.05, 0.1) is 17.9 Å². The minimum absolute atomic E-state index is 0.0415. The van der Waals surface area contributed by atoms with Crippen LogP contribution in [0.4, 0.5) is 5.69 Å². The highest BCUT2D eigenvalue weighted by Gasteiger charge is 2.36. The number of anilines is 1. The minimum Gasteiger partial charge on any atom is -0.493 e. The molecular weight excluding hydrogens is 424 g/mol. The molecule has 0 N–H and O–H groups in total. The highest BCUT2D eigenvalue weighted by molar-refractivity contribution is 7.99. The van der Waals surface area contributed by atoms with Gasteiger partial charge in [0.15, 0.2) is 5.69 Å². The number of carbonyl (C=O) groups is 1. The van der Waals surface area contributed by atoms with Gasteiger partial charge >= 0.3 is 0 Å². The van der Waals surface area contributed by atoms with E-state index in [0.717, 1.165) is 23.3 Å². The van der Waals surface area contributed by atoms with Crippen molar-refractivity contribution in [3.05, 3.63) is 54.1 Å². The number of ether oxygens (including phenoxy) is 2. The molecule has 0 aliphatic carbocycles. The van der Waals surface area contributed by atoms with Crippen molar-refractivity contribution >= 4 is 23.4 Å². The van der Waals surface area contributed by atoms with Crippen molar-refractivity contribution in [3.8, 4) is 22.9 Å². The number of thioether (sulfide) groups is 1. The molecule has 2 heterocycles.